The molecule has 1 aliphatic rings. The molecule has 0 saturated heterocycles. The summed E-state index contributed by atoms with van der Waals surface area (Å²) in [5, 5.41) is 2.88. The maximum atomic E-state index is 13.5. The monoisotopic (exact) mass is 494 g/mol. The number of carbonyl (C=O) groups is 1. The lowest BCUT2D eigenvalue weighted by Crippen LogP contribution is -2.39. The first-order chi connectivity index (χ1) is 15.5. The molecule has 0 spiro atoms. The Morgan fingerprint density at radius 3 is 2.36 bits per heavy atom. The number of carbonyl (C=O) groups excluding carboxylic acids is 1. The molecular weight excluding hydrogens is 463 g/mol. The third kappa shape index (κ3) is 6.09. The molecule has 1 fully saturated rings. The van der Waals surface area contributed by atoms with Crippen LogP contribution < -0.4 is 10.6 Å². The zero-order chi connectivity index (χ0) is 24.3. The molecule has 33 heavy (non-hydrogen) atoms. The molecule has 1 aromatic carbocycles. The second kappa shape index (κ2) is 10.1. The Morgan fingerprint density at radius 1 is 1.21 bits per heavy atom. The van der Waals surface area contributed by atoms with Gasteiger partial charge in [-0.15, -0.1) is 0 Å². The van der Waals surface area contributed by atoms with Crippen LogP contribution in [0.15, 0.2) is 47.5 Å². The van der Waals surface area contributed by atoms with Gasteiger partial charge in [0.25, 0.3) is 0 Å². The third-order valence-corrected chi connectivity index (χ3v) is 8.87. The average Bonchev–Trinajstić information content (AvgIpc) is 3.26. The first kappa shape index (κ1) is 25.6. The quantitative estimate of drug-likeness (QED) is 0.508. The van der Waals surface area contributed by atoms with Crippen LogP contribution in [0.3, 0.4) is 0 Å². The lowest BCUT2D eigenvalue weighted by molar-refractivity contribution is -0.121. The number of amides is 1. The summed E-state index contributed by atoms with van der Waals surface area (Å²) in [5.74, 6) is 0.390. The topological polar surface area (TPSA) is 123 Å². The number of hydrogen-bond acceptors (Lipinski definition) is 6. The summed E-state index contributed by atoms with van der Waals surface area (Å²) in [7, 11) is -7.28. The van der Waals surface area contributed by atoms with Gasteiger partial charge in [-0.3, -0.25) is 9.36 Å². The van der Waals surface area contributed by atoms with E-state index in [4.69, 9.17) is 4.52 Å². The van der Waals surface area contributed by atoms with Crippen molar-refractivity contribution in [3.8, 4) is 0 Å². The standard InChI is InChI=1S/C23H31N2O6PS/c1-4-31-32(27,28)19-11-14-21(24-16-19)25-22(26)23(2,15-17-7-5-6-8-17)18-9-12-20(13-10-18)33(3,29)30/h9-14,16-17H,4-8,15H2,1-3H3,(H,27,28)(H,24,25,26). The van der Waals surface area contributed by atoms with Gasteiger partial charge in [-0.2, -0.15) is 0 Å². The molecule has 2 atom stereocenters. The van der Waals surface area contributed by atoms with Crippen LogP contribution in [0, 0.1) is 5.92 Å². The Balaban J connectivity index is 1.87. The van der Waals surface area contributed by atoms with E-state index in [1.807, 2.05) is 6.92 Å². The lowest BCUT2D eigenvalue weighted by Gasteiger charge is -2.31. The zero-order valence-electron chi connectivity index (χ0n) is 19.2. The van der Waals surface area contributed by atoms with Crippen LogP contribution in [-0.4, -0.2) is 37.1 Å². The molecule has 1 amide bonds. The summed E-state index contributed by atoms with van der Waals surface area (Å²) in [6.07, 6.45) is 7.39. The zero-order valence-corrected chi connectivity index (χ0v) is 20.9. The Hall–Kier alpha value is -2.06. The molecule has 3 rings (SSSR count). The number of benzene rings is 1. The van der Waals surface area contributed by atoms with Gasteiger partial charge in [0.1, 0.15) is 5.82 Å². The summed E-state index contributed by atoms with van der Waals surface area (Å²) >= 11 is 0. The minimum Gasteiger partial charge on any atom is -0.321 e. The van der Waals surface area contributed by atoms with Crippen molar-refractivity contribution >= 4 is 34.5 Å². The predicted octanol–water partition coefficient (Wildman–Crippen LogP) is 3.81. The molecule has 1 saturated carbocycles. The number of aromatic nitrogens is 1. The summed E-state index contributed by atoms with van der Waals surface area (Å²) in [5.41, 5.74) is -0.171. The second-order valence-corrected chi connectivity index (χ2v) is 12.6. The highest BCUT2D eigenvalue weighted by Crippen LogP contribution is 2.41. The first-order valence-electron chi connectivity index (χ1n) is 11.0. The minimum absolute atomic E-state index is 0.0485. The van der Waals surface area contributed by atoms with Crippen molar-refractivity contribution in [2.24, 2.45) is 5.92 Å². The van der Waals surface area contributed by atoms with Crippen LogP contribution in [0.2, 0.25) is 0 Å². The van der Waals surface area contributed by atoms with Crippen LogP contribution in [0.1, 0.15) is 51.5 Å². The number of pyridine rings is 1. The summed E-state index contributed by atoms with van der Waals surface area (Å²) < 4.78 is 40.7. The van der Waals surface area contributed by atoms with Crippen molar-refractivity contribution < 1.29 is 27.2 Å². The lowest BCUT2D eigenvalue weighted by atomic mass is 9.74. The molecule has 180 valence electrons. The fraction of sp³-hybridized carbons (Fsp3) is 0.478. The molecule has 0 aliphatic heterocycles. The van der Waals surface area contributed by atoms with E-state index in [2.05, 4.69) is 10.3 Å². The first-order valence-corrected chi connectivity index (χ1v) is 14.5. The maximum absolute atomic E-state index is 13.5. The van der Waals surface area contributed by atoms with Crippen LogP contribution >= 0.6 is 7.60 Å². The van der Waals surface area contributed by atoms with E-state index in [1.54, 1.807) is 19.1 Å². The van der Waals surface area contributed by atoms with Crippen molar-refractivity contribution in [3.63, 3.8) is 0 Å². The molecule has 1 heterocycles. The largest absolute Gasteiger partial charge is 0.360 e. The highest BCUT2D eigenvalue weighted by molar-refractivity contribution is 7.90. The van der Waals surface area contributed by atoms with Gasteiger partial charge >= 0.3 is 7.60 Å². The normalized spacial score (nSPS) is 18.4. The molecule has 2 unspecified atom stereocenters. The van der Waals surface area contributed by atoms with Gasteiger partial charge < -0.3 is 14.7 Å². The van der Waals surface area contributed by atoms with Crippen molar-refractivity contribution in [1.29, 1.82) is 0 Å². The molecule has 2 N–H and O–H groups in total. The Bertz CT molecular complexity index is 1130. The maximum Gasteiger partial charge on any atom is 0.360 e. The molecule has 2 aromatic rings. The predicted molar refractivity (Wildman–Crippen MR) is 127 cm³/mol. The smallest absolute Gasteiger partial charge is 0.321 e. The summed E-state index contributed by atoms with van der Waals surface area (Å²) in [6, 6.07) is 9.35. The van der Waals surface area contributed by atoms with E-state index >= 15 is 0 Å². The molecule has 1 aliphatic carbocycles. The van der Waals surface area contributed by atoms with Gasteiger partial charge in [-0.05, 0) is 56.0 Å². The van der Waals surface area contributed by atoms with Gasteiger partial charge in [0, 0.05) is 12.5 Å². The number of anilines is 1. The Morgan fingerprint density at radius 2 is 1.85 bits per heavy atom. The Labute approximate surface area is 195 Å². The van der Waals surface area contributed by atoms with Crippen molar-refractivity contribution in [1.82, 2.24) is 4.98 Å². The van der Waals surface area contributed by atoms with Crippen LogP contribution in [0.4, 0.5) is 5.82 Å². The number of nitrogens with zero attached hydrogens (tertiary/aromatic N) is 1. The van der Waals surface area contributed by atoms with E-state index in [0.29, 0.717) is 12.3 Å². The third-order valence-electron chi connectivity index (χ3n) is 6.21. The summed E-state index contributed by atoms with van der Waals surface area (Å²) in [6.45, 7) is 3.57. The van der Waals surface area contributed by atoms with Gasteiger partial charge in [0.15, 0.2) is 9.84 Å². The van der Waals surface area contributed by atoms with Gasteiger partial charge in [-0.25, -0.2) is 13.4 Å². The van der Waals surface area contributed by atoms with Crippen molar-refractivity contribution in [2.75, 3.05) is 18.2 Å². The fourth-order valence-electron chi connectivity index (χ4n) is 4.33. The molecule has 1 aromatic heterocycles. The SMILES string of the molecule is CCOP(=O)(O)c1ccc(NC(=O)C(C)(CC2CCCC2)c2ccc(S(C)(=O)=O)cc2)nc1. The number of sulfone groups is 1. The van der Waals surface area contributed by atoms with E-state index in [1.165, 1.54) is 30.5 Å². The van der Waals surface area contributed by atoms with Gasteiger partial charge in [0.05, 0.1) is 22.2 Å². The molecular formula is C23H31N2O6PS. The van der Waals surface area contributed by atoms with E-state index in [9.17, 15) is 22.7 Å². The minimum atomic E-state index is -3.94. The Kier molecular flexibility index (Phi) is 7.79. The van der Waals surface area contributed by atoms with Gasteiger partial charge in [0.2, 0.25) is 5.91 Å². The van der Waals surface area contributed by atoms with Crippen LogP contribution in [-0.2, 0) is 29.1 Å². The van der Waals surface area contributed by atoms with E-state index < -0.39 is 22.8 Å². The van der Waals surface area contributed by atoms with E-state index in [-0.39, 0.29) is 28.5 Å². The van der Waals surface area contributed by atoms with Crippen molar-refractivity contribution in [3.05, 3.63) is 48.2 Å². The van der Waals surface area contributed by atoms with Crippen molar-refractivity contribution in [2.45, 2.75) is 56.3 Å². The number of rotatable bonds is 9. The van der Waals surface area contributed by atoms with Gasteiger partial charge in [-0.1, -0.05) is 37.8 Å². The number of nitrogens with one attached hydrogen (secondary N) is 1. The summed E-state index contributed by atoms with van der Waals surface area (Å²) in [4.78, 5) is 27.8. The molecule has 0 bridgehead atoms. The molecule has 8 nitrogen and oxygen atoms in total. The molecule has 0 radical (unpaired) electrons. The second-order valence-electron chi connectivity index (χ2n) is 8.78. The van der Waals surface area contributed by atoms with E-state index in [0.717, 1.165) is 37.5 Å². The highest BCUT2D eigenvalue weighted by Gasteiger charge is 2.38. The number of hydrogen-bond donors (Lipinski definition) is 2. The fourth-order valence-corrected chi connectivity index (χ4v) is 5.93. The average molecular weight is 495 g/mol. The van der Waals surface area contributed by atoms with Crippen LogP contribution in [0.25, 0.3) is 0 Å². The highest BCUT2D eigenvalue weighted by atomic mass is 32.2. The molecule has 10 heteroatoms. The van der Waals surface area contributed by atoms with Crippen LogP contribution in [0.5, 0.6) is 0 Å².